The molecule has 5 amide bonds. The van der Waals surface area contributed by atoms with Crippen molar-refractivity contribution in [1.29, 1.82) is 0 Å². The first-order chi connectivity index (χ1) is 30.2. The Balaban J connectivity index is 1.75. The summed E-state index contributed by atoms with van der Waals surface area (Å²) in [4.78, 5) is 115. The summed E-state index contributed by atoms with van der Waals surface area (Å²) in [5, 5.41) is 19.7. The van der Waals surface area contributed by atoms with Crippen LogP contribution >= 0.6 is 0 Å². The predicted octanol–water partition coefficient (Wildman–Crippen LogP) is 3.93. The molecular weight excluding hydrogens is 819 g/mol. The van der Waals surface area contributed by atoms with Gasteiger partial charge in [0, 0.05) is 38.6 Å². The van der Waals surface area contributed by atoms with Crippen LogP contribution in [0.2, 0.25) is 0 Å². The number of aliphatic hydroxyl groups excluding tert-OH is 1. The first-order valence-electron chi connectivity index (χ1n) is 22.7. The molecule has 4 N–H and O–H groups in total. The highest BCUT2D eigenvalue weighted by Crippen LogP contribution is 2.31. The molecule has 2 fully saturated rings. The summed E-state index contributed by atoms with van der Waals surface area (Å²) in [5.74, 6) is -8.30. The first kappa shape index (κ1) is 51.2. The number of hydrogen-bond acceptors (Lipinski definition) is 10. The molecule has 0 aromatic heterocycles. The van der Waals surface area contributed by atoms with Crippen LogP contribution in [-0.4, -0.2) is 112 Å². The SMILES string of the molecule is CC(C)C[C@H]1C(=O)N(C)[C@@H](Cc2ccccc2)C(=O)N[C@@H](C(C)C)C(=O)O[C@H](C)[C@H](CC(=O)[C@H](C)NC(=O)CCc2ccccc2)C(=O)N[C@@H](C(C)C)C(=O)C[C@H]2CC[C@@H](O)N1C2=O. The van der Waals surface area contributed by atoms with Gasteiger partial charge in [-0.2, -0.15) is 0 Å². The molecule has 2 aromatic rings. The highest BCUT2D eigenvalue weighted by Gasteiger charge is 2.46. The predicted molar refractivity (Wildman–Crippen MR) is 240 cm³/mol. The third-order valence-corrected chi connectivity index (χ3v) is 12.4. The monoisotopic (exact) mass is 888 g/mol. The smallest absolute Gasteiger partial charge is 0.329 e. The molecule has 2 aliphatic rings. The molecule has 350 valence electrons. The van der Waals surface area contributed by atoms with Gasteiger partial charge in [0.1, 0.15) is 30.5 Å². The lowest BCUT2D eigenvalue weighted by atomic mass is 9.85. The number of fused-ring (bicyclic) bond motifs is 2. The molecule has 2 heterocycles. The van der Waals surface area contributed by atoms with Gasteiger partial charge in [-0.25, -0.2) is 4.79 Å². The summed E-state index contributed by atoms with van der Waals surface area (Å²) in [6, 6.07) is 12.6. The van der Waals surface area contributed by atoms with Crippen LogP contribution in [0.15, 0.2) is 60.7 Å². The number of amides is 5. The van der Waals surface area contributed by atoms with Gasteiger partial charge in [0.2, 0.25) is 29.5 Å². The minimum Gasteiger partial charge on any atom is -0.460 e. The maximum atomic E-state index is 14.7. The summed E-state index contributed by atoms with van der Waals surface area (Å²) in [6.45, 7) is 13.5. The number of ketones is 2. The minimum atomic E-state index is -1.34. The van der Waals surface area contributed by atoms with Crippen LogP contribution in [0.5, 0.6) is 0 Å². The van der Waals surface area contributed by atoms with Crippen LogP contribution in [0.1, 0.15) is 105 Å². The van der Waals surface area contributed by atoms with Crippen LogP contribution < -0.4 is 16.0 Å². The van der Waals surface area contributed by atoms with E-state index in [1.807, 2.05) is 50.2 Å². The molecule has 2 saturated heterocycles. The third kappa shape index (κ3) is 13.8. The number of nitrogens with one attached hydrogen (secondary N) is 3. The van der Waals surface area contributed by atoms with Gasteiger partial charge < -0.3 is 35.6 Å². The number of likely N-dealkylation sites (N-methyl/N-ethyl adjacent to an activating group) is 1. The van der Waals surface area contributed by atoms with Gasteiger partial charge in [0.15, 0.2) is 11.6 Å². The Labute approximate surface area is 377 Å². The lowest BCUT2D eigenvalue weighted by Crippen LogP contribution is -2.61. The zero-order chi connectivity index (χ0) is 47.4. The van der Waals surface area contributed by atoms with Crippen molar-refractivity contribution in [2.45, 2.75) is 149 Å². The topological polar surface area (TPSA) is 209 Å². The number of carbonyl (C=O) groups is 8. The lowest BCUT2D eigenvalue weighted by molar-refractivity contribution is -0.168. The van der Waals surface area contributed by atoms with E-state index in [2.05, 4.69) is 16.0 Å². The fourth-order valence-corrected chi connectivity index (χ4v) is 8.43. The molecule has 2 aromatic carbocycles. The molecule has 64 heavy (non-hydrogen) atoms. The average molecular weight is 888 g/mol. The van der Waals surface area contributed by atoms with Crippen LogP contribution in [0, 0.1) is 29.6 Å². The maximum Gasteiger partial charge on any atom is 0.329 e. The number of ether oxygens (including phenoxy) is 1. The van der Waals surface area contributed by atoms with Crippen molar-refractivity contribution in [2.75, 3.05) is 7.05 Å². The molecule has 0 saturated carbocycles. The van der Waals surface area contributed by atoms with Gasteiger partial charge in [-0.3, -0.25) is 33.6 Å². The standard InChI is InChI=1S/C49H69N5O10/c1-28(2)24-38-48(62)53(9)37(25-34-18-14-11-15-19-34)46(60)52-44(30(5)6)49(63)64-32(8)36(27-39(55)31(7)50-41(57)22-20-33-16-12-10-13-17-33)45(59)51-43(29(3)4)40(56)26-35-21-23-42(58)54(38)47(35)61/h10-19,28-32,35-38,42-44,58H,20-27H2,1-9H3,(H,50,57)(H,51,59)(H,52,60)/t31-,32+,35+,36-,37-,38-,42+,43-,44-/m0/s1. The van der Waals surface area contributed by atoms with Crippen molar-refractivity contribution in [3.63, 3.8) is 0 Å². The van der Waals surface area contributed by atoms with E-state index in [0.29, 0.717) is 12.0 Å². The second kappa shape index (κ2) is 23.5. The summed E-state index contributed by atoms with van der Waals surface area (Å²) < 4.78 is 5.94. The number of hydrogen-bond donors (Lipinski definition) is 4. The number of rotatable bonds is 13. The Kier molecular flexibility index (Phi) is 18.8. The molecular formula is C49H69N5O10. The van der Waals surface area contributed by atoms with Crippen molar-refractivity contribution in [2.24, 2.45) is 29.6 Å². The number of Topliss-reactive ketones (excluding diaryl/α,β-unsaturated/α-hetero) is 2. The molecule has 0 spiro atoms. The number of benzene rings is 2. The number of cyclic esters (lactones) is 1. The molecule has 0 unspecified atom stereocenters. The fourth-order valence-electron chi connectivity index (χ4n) is 8.43. The van der Waals surface area contributed by atoms with Crippen LogP contribution in [0.25, 0.3) is 0 Å². The Morgan fingerprint density at radius 1 is 0.781 bits per heavy atom. The van der Waals surface area contributed by atoms with Gasteiger partial charge in [-0.1, -0.05) is 102 Å². The highest BCUT2D eigenvalue weighted by molar-refractivity contribution is 5.98. The molecule has 15 heteroatoms. The average Bonchev–Trinajstić information content (AvgIpc) is 3.24. The van der Waals surface area contributed by atoms with Crippen molar-refractivity contribution in [1.82, 2.24) is 25.8 Å². The summed E-state index contributed by atoms with van der Waals surface area (Å²) in [7, 11) is 1.46. The third-order valence-electron chi connectivity index (χ3n) is 12.4. The molecule has 2 aliphatic heterocycles. The van der Waals surface area contributed by atoms with Gasteiger partial charge in [-0.05, 0) is 68.4 Å². The van der Waals surface area contributed by atoms with Crippen LogP contribution in [0.3, 0.4) is 0 Å². The van der Waals surface area contributed by atoms with E-state index in [0.717, 1.165) is 10.5 Å². The number of carbonyl (C=O) groups excluding carboxylic acids is 8. The van der Waals surface area contributed by atoms with E-state index >= 15 is 0 Å². The molecule has 0 aliphatic carbocycles. The van der Waals surface area contributed by atoms with Crippen LogP contribution in [0.4, 0.5) is 0 Å². The van der Waals surface area contributed by atoms with Gasteiger partial charge in [0.05, 0.1) is 18.0 Å². The van der Waals surface area contributed by atoms with Crippen molar-refractivity contribution in [3.8, 4) is 0 Å². The van der Waals surface area contributed by atoms with Crippen molar-refractivity contribution >= 4 is 47.1 Å². The highest BCUT2D eigenvalue weighted by atomic mass is 16.5. The molecule has 9 atom stereocenters. The fraction of sp³-hybridized carbons (Fsp3) is 0.592. The van der Waals surface area contributed by atoms with E-state index < -0.39 is 114 Å². The van der Waals surface area contributed by atoms with E-state index in [-0.39, 0.29) is 50.4 Å². The van der Waals surface area contributed by atoms with Crippen LogP contribution in [-0.2, 0) is 55.9 Å². The second-order valence-electron chi connectivity index (χ2n) is 18.6. The largest absolute Gasteiger partial charge is 0.460 e. The molecule has 15 nitrogen and oxygen atoms in total. The number of aliphatic hydroxyl groups is 1. The van der Waals surface area contributed by atoms with Crippen molar-refractivity contribution < 1.29 is 48.2 Å². The quantitative estimate of drug-likeness (QED) is 0.213. The van der Waals surface area contributed by atoms with Gasteiger partial charge in [0.25, 0.3) is 0 Å². The molecule has 0 radical (unpaired) electrons. The number of nitrogens with zero attached hydrogens (tertiary/aromatic N) is 2. The van der Waals surface area contributed by atoms with E-state index in [9.17, 15) is 43.5 Å². The molecule has 2 bridgehead atoms. The molecule has 4 rings (SSSR count). The normalized spacial score (nSPS) is 26.1. The zero-order valence-corrected chi connectivity index (χ0v) is 38.9. The van der Waals surface area contributed by atoms with E-state index in [4.69, 9.17) is 4.74 Å². The Morgan fingerprint density at radius 3 is 1.94 bits per heavy atom. The lowest BCUT2D eigenvalue weighted by Gasteiger charge is -2.43. The maximum absolute atomic E-state index is 14.7. The summed E-state index contributed by atoms with van der Waals surface area (Å²) in [6.07, 6.45) is -2.41. The van der Waals surface area contributed by atoms with Crippen molar-refractivity contribution in [3.05, 3.63) is 71.8 Å². The number of aryl methyl sites for hydroxylation is 1. The zero-order valence-electron chi connectivity index (χ0n) is 38.9. The van der Waals surface area contributed by atoms with E-state index in [1.54, 1.807) is 52.0 Å². The second-order valence-corrected chi connectivity index (χ2v) is 18.6. The van der Waals surface area contributed by atoms with Gasteiger partial charge in [-0.15, -0.1) is 0 Å². The first-order valence-corrected chi connectivity index (χ1v) is 22.7. The Morgan fingerprint density at radius 2 is 1.36 bits per heavy atom. The summed E-state index contributed by atoms with van der Waals surface area (Å²) >= 11 is 0. The van der Waals surface area contributed by atoms with E-state index in [1.165, 1.54) is 25.8 Å². The number of piperidine rings is 1. The number of esters is 1. The minimum absolute atomic E-state index is 0.0368. The Hall–Kier alpha value is -5.44. The van der Waals surface area contributed by atoms with Gasteiger partial charge >= 0.3 is 5.97 Å². The summed E-state index contributed by atoms with van der Waals surface area (Å²) in [5.41, 5.74) is 1.66. The Bertz CT molecular complexity index is 1960.